The first kappa shape index (κ1) is 39.6. The first-order valence-corrected chi connectivity index (χ1v) is 23.6. The maximum atomic E-state index is 2.50. The molecular weight excluding hydrogens is 819 g/mol. The van der Waals surface area contributed by atoms with E-state index in [1.807, 2.05) is 0 Å². The van der Waals surface area contributed by atoms with Crippen LogP contribution in [0.3, 0.4) is 0 Å². The highest BCUT2D eigenvalue weighted by atomic mass is 15.1. The molecule has 0 radical (unpaired) electrons. The number of fused-ring (bicyclic) bond motifs is 10. The highest BCUT2D eigenvalue weighted by Gasteiger charge is 2.51. The van der Waals surface area contributed by atoms with Gasteiger partial charge in [-0.05, 0) is 125 Å². The quantitative estimate of drug-likeness (QED) is 0.147. The molecule has 1 nitrogen and oxygen atoms in total. The number of nitrogens with zero attached hydrogens (tertiary/aromatic N) is 1. The summed E-state index contributed by atoms with van der Waals surface area (Å²) in [6.45, 7) is 0. The zero-order valence-electron chi connectivity index (χ0n) is 37.4. The Balaban J connectivity index is 1.08. The van der Waals surface area contributed by atoms with Crippen molar-refractivity contribution in [1.29, 1.82) is 0 Å². The fraction of sp³-hybridized carbons (Fsp3) is 0.0149. The number of anilines is 3. The van der Waals surface area contributed by atoms with Crippen molar-refractivity contribution in [2.75, 3.05) is 4.90 Å². The third-order valence-electron chi connectivity index (χ3n) is 14.3. The van der Waals surface area contributed by atoms with E-state index in [0.717, 1.165) is 22.6 Å². The predicted octanol–water partition coefficient (Wildman–Crippen LogP) is 17.8. The van der Waals surface area contributed by atoms with Crippen LogP contribution in [0.5, 0.6) is 0 Å². The van der Waals surface area contributed by atoms with Gasteiger partial charge in [0.15, 0.2) is 0 Å². The number of hydrogen-bond donors (Lipinski definition) is 0. The summed E-state index contributed by atoms with van der Waals surface area (Å²) in [6.07, 6.45) is 0. The molecule has 68 heavy (non-hydrogen) atoms. The molecule has 11 aromatic carbocycles. The monoisotopic (exact) mass is 863 g/mol. The lowest BCUT2D eigenvalue weighted by Crippen LogP contribution is -2.26. The van der Waals surface area contributed by atoms with Crippen LogP contribution in [0.15, 0.2) is 273 Å². The van der Waals surface area contributed by atoms with Crippen molar-refractivity contribution in [3.8, 4) is 77.9 Å². The molecule has 0 aromatic heterocycles. The Bertz CT molecular complexity index is 3600. The topological polar surface area (TPSA) is 3.24 Å². The maximum Gasteiger partial charge on any atom is 0.0726 e. The maximum absolute atomic E-state index is 2.50. The van der Waals surface area contributed by atoms with Crippen molar-refractivity contribution in [2.45, 2.75) is 5.41 Å². The fourth-order valence-corrected chi connectivity index (χ4v) is 11.5. The molecular formula is C67H45N. The molecule has 13 rings (SSSR count). The second-order valence-corrected chi connectivity index (χ2v) is 17.9. The Hall–Kier alpha value is -8.78. The number of rotatable bonds is 8. The molecule has 0 amide bonds. The van der Waals surface area contributed by atoms with E-state index in [-0.39, 0.29) is 0 Å². The van der Waals surface area contributed by atoms with Crippen LogP contribution in [0.4, 0.5) is 17.1 Å². The van der Waals surface area contributed by atoms with E-state index in [4.69, 9.17) is 0 Å². The van der Waals surface area contributed by atoms with Crippen LogP contribution in [0.1, 0.15) is 22.3 Å². The van der Waals surface area contributed by atoms with Crippen LogP contribution in [0.2, 0.25) is 0 Å². The van der Waals surface area contributed by atoms with Gasteiger partial charge in [-0.1, -0.05) is 243 Å². The zero-order valence-corrected chi connectivity index (χ0v) is 37.4. The molecule has 0 bridgehead atoms. The van der Waals surface area contributed by atoms with E-state index >= 15 is 0 Å². The molecule has 2 aliphatic rings. The van der Waals surface area contributed by atoms with Crippen LogP contribution in [-0.2, 0) is 5.41 Å². The van der Waals surface area contributed by atoms with Crippen LogP contribution in [0.25, 0.3) is 77.9 Å². The molecule has 318 valence electrons. The van der Waals surface area contributed by atoms with Gasteiger partial charge in [-0.15, -0.1) is 0 Å². The predicted molar refractivity (Wildman–Crippen MR) is 285 cm³/mol. The van der Waals surface area contributed by atoms with Gasteiger partial charge in [0, 0.05) is 16.9 Å². The van der Waals surface area contributed by atoms with E-state index in [1.54, 1.807) is 0 Å². The third kappa shape index (κ3) is 6.17. The Morgan fingerprint density at radius 3 is 1.21 bits per heavy atom. The average molecular weight is 864 g/mol. The summed E-state index contributed by atoms with van der Waals surface area (Å²) in [5, 5.41) is 0. The van der Waals surface area contributed by atoms with Gasteiger partial charge in [0.25, 0.3) is 0 Å². The summed E-state index contributed by atoms with van der Waals surface area (Å²) in [4.78, 5) is 2.50. The minimum Gasteiger partial charge on any atom is -0.310 e. The molecule has 1 heteroatoms. The van der Waals surface area contributed by atoms with E-state index in [2.05, 4.69) is 278 Å². The van der Waals surface area contributed by atoms with E-state index in [0.29, 0.717) is 0 Å². The van der Waals surface area contributed by atoms with E-state index in [9.17, 15) is 0 Å². The van der Waals surface area contributed by atoms with Crippen molar-refractivity contribution in [1.82, 2.24) is 0 Å². The van der Waals surface area contributed by atoms with Gasteiger partial charge in [-0.2, -0.15) is 0 Å². The Kier molecular flexibility index (Phi) is 9.47. The normalized spacial score (nSPS) is 12.5. The molecule has 0 unspecified atom stereocenters. The van der Waals surface area contributed by atoms with Gasteiger partial charge < -0.3 is 4.90 Å². The summed E-state index contributed by atoms with van der Waals surface area (Å²) in [6, 6.07) is 101. The highest BCUT2D eigenvalue weighted by Crippen LogP contribution is 2.63. The van der Waals surface area contributed by atoms with E-state index in [1.165, 1.54) is 94.6 Å². The van der Waals surface area contributed by atoms with Gasteiger partial charge in [0.2, 0.25) is 0 Å². The summed E-state index contributed by atoms with van der Waals surface area (Å²) < 4.78 is 0. The van der Waals surface area contributed by atoms with Crippen LogP contribution < -0.4 is 4.90 Å². The van der Waals surface area contributed by atoms with Crippen molar-refractivity contribution in [3.05, 3.63) is 295 Å². The lowest BCUT2D eigenvalue weighted by atomic mass is 9.70. The molecule has 1 spiro atoms. The number of hydrogen-bond acceptors (Lipinski definition) is 1. The molecule has 0 atom stereocenters. The molecule has 2 aliphatic carbocycles. The van der Waals surface area contributed by atoms with Gasteiger partial charge in [0.05, 0.1) is 11.1 Å². The first-order valence-electron chi connectivity index (χ1n) is 23.6. The second-order valence-electron chi connectivity index (χ2n) is 17.9. The molecule has 0 saturated heterocycles. The van der Waals surface area contributed by atoms with Crippen LogP contribution in [0, 0.1) is 0 Å². The van der Waals surface area contributed by atoms with Crippen LogP contribution in [-0.4, -0.2) is 0 Å². The van der Waals surface area contributed by atoms with Gasteiger partial charge in [0.1, 0.15) is 0 Å². The lowest BCUT2D eigenvalue weighted by Gasteiger charge is -2.33. The van der Waals surface area contributed by atoms with Gasteiger partial charge in [-0.25, -0.2) is 0 Å². The fourth-order valence-electron chi connectivity index (χ4n) is 11.5. The Labute approximate surface area is 398 Å². The van der Waals surface area contributed by atoms with Crippen molar-refractivity contribution < 1.29 is 0 Å². The first-order chi connectivity index (χ1) is 33.8. The minimum atomic E-state index is -0.476. The smallest absolute Gasteiger partial charge is 0.0726 e. The van der Waals surface area contributed by atoms with E-state index < -0.39 is 5.41 Å². The Morgan fingerprint density at radius 2 is 0.618 bits per heavy atom. The lowest BCUT2D eigenvalue weighted by molar-refractivity contribution is 0.793. The van der Waals surface area contributed by atoms with Crippen molar-refractivity contribution in [3.63, 3.8) is 0 Å². The molecule has 0 N–H and O–H groups in total. The second kappa shape index (κ2) is 16.3. The summed E-state index contributed by atoms with van der Waals surface area (Å²) in [5.41, 5.74) is 25.1. The number of benzene rings is 11. The highest BCUT2D eigenvalue weighted by molar-refractivity contribution is 6.03. The molecule has 0 heterocycles. The summed E-state index contributed by atoms with van der Waals surface area (Å²) >= 11 is 0. The van der Waals surface area contributed by atoms with Crippen molar-refractivity contribution >= 4 is 17.1 Å². The summed E-state index contributed by atoms with van der Waals surface area (Å²) in [5.74, 6) is 0. The zero-order chi connectivity index (χ0) is 45.0. The largest absolute Gasteiger partial charge is 0.310 e. The molecule has 0 fully saturated rings. The third-order valence-corrected chi connectivity index (χ3v) is 14.3. The molecule has 0 aliphatic heterocycles. The Morgan fingerprint density at radius 1 is 0.221 bits per heavy atom. The summed E-state index contributed by atoms with van der Waals surface area (Å²) in [7, 11) is 0. The van der Waals surface area contributed by atoms with Crippen LogP contribution >= 0.6 is 0 Å². The van der Waals surface area contributed by atoms with Gasteiger partial charge >= 0.3 is 0 Å². The van der Waals surface area contributed by atoms with Gasteiger partial charge in [-0.3, -0.25) is 0 Å². The molecule has 0 saturated carbocycles. The molecule has 11 aromatic rings. The standard InChI is InChI=1S/C67H45N/c1-4-21-46(22-5-1)47-39-41-50(42-40-47)68(51-43-44-57-56-30-14-18-37-63(56)67(64(57)45-51)61-35-16-12-28-54(61)55-29-13-17-36-62(55)67)65-38-19-15-31-58(65)60-34-20-33-53(49-25-8-3-9-26-49)66(60)59-32-11-10-27-52(59)48-23-6-2-7-24-48/h1-45H. The SMILES string of the molecule is c1ccc(-c2ccc(N(c3ccc4c(c3)C3(c5ccccc5-c5ccccc53)c3ccccc3-4)c3ccccc3-c3cccc(-c4ccccc4)c3-c3ccccc3-c3ccccc3)cc2)cc1. The number of para-hydroxylation sites is 1. The van der Waals surface area contributed by atoms with Crippen molar-refractivity contribution in [2.24, 2.45) is 0 Å². The minimum absolute atomic E-state index is 0.476. The average Bonchev–Trinajstić information content (AvgIpc) is 3.89.